The third kappa shape index (κ3) is 3.56. The second-order valence-electron chi connectivity index (χ2n) is 5.55. The number of carbonyl (C=O) groups is 1. The van der Waals surface area contributed by atoms with Crippen LogP contribution >= 0.6 is 11.3 Å². The van der Waals surface area contributed by atoms with E-state index in [9.17, 15) is 13.2 Å². The summed E-state index contributed by atoms with van der Waals surface area (Å²) >= 11 is 0.999. The van der Waals surface area contributed by atoms with Gasteiger partial charge in [-0.2, -0.15) is 0 Å². The van der Waals surface area contributed by atoms with Gasteiger partial charge in [0.1, 0.15) is 4.21 Å². The van der Waals surface area contributed by atoms with Gasteiger partial charge in [-0.15, -0.1) is 11.3 Å². The smallest absolute Gasteiger partial charge is 0.261 e. The maximum absolute atomic E-state index is 12.2. The maximum Gasteiger partial charge on any atom is 0.261 e. The summed E-state index contributed by atoms with van der Waals surface area (Å²) in [6, 6.07) is 9.08. The van der Waals surface area contributed by atoms with Crippen LogP contribution in [0.4, 0.5) is 5.69 Å². The molecule has 0 bridgehead atoms. The molecule has 1 aliphatic rings. The van der Waals surface area contributed by atoms with Crippen LogP contribution in [-0.2, 0) is 22.8 Å². The highest BCUT2D eigenvalue weighted by molar-refractivity contribution is 7.92. The molecule has 5 nitrogen and oxygen atoms in total. The van der Waals surface area contributed by atoms with E-state index < -0.39 is 9.84 Å². The zero-order valence-corrected chi connectivity index (χ0v) is 14.4. The Morgan fingerprint density at radius 2 is 2.13 bits per heavy atom. The van der Waals surface area contributed by atoms with E-state index in [4.69, 9.17) is 0 Å². The number of anilines is 1. The number of hydrogen-bond acceptors (Lipinski definition) is 5. The van der Waals surface area contributed by atoms with Gasteiger partial charge < -0.3 is 10.6 Å². The molecular weight excluding hydrogens is 332 g/mol. The number of amides is 1. The molecule has 1 amide bonds. The number of thiophene rings is 1. The summed E-state index contributed by atoms with van der Waals surface area (Å²) in [7, 11) is -3.26. The minimum atomic E-state index is -3.26. The second-order valence-corrected chi connectivity index (χ2v) is 8.87. The molecule has 0 saturated heterocycles. The predicted octanol–water partition coefficient (Wildman–Crippen LogP) is 2.44. The van der Waals surface area contributed by atoms with Gasteiger partial charge in [-0.1, -0.05) is 12.1 Å². The van der Waals surface area contributed by atoms with Crippen LogP contribution in [0, 0.1) is 0 Å². The minimum Gasteiger partial charge on any atom is -0.385 e. The molecule has 0 saturated carbocycles. The summed E-state index contributed by atoms with van der Waals surface area (Å²) in [5.74, 6) is -0.244. The molecule has 2 aromatic rings. The van der Waals surface area contributed by atoms with E-state index in [2.05, 4.69) is 16.7 Å². The van der Waals surface area contributed by atoms with Gasteiger partial charge in [0.2, 0.25) is 0 Å². The Kier molecular flexibility index (Phi) is 4.41. The van der Waals surface area contributed by atoms with Crippen molar-refractivity contribution in [2.75, 3.05) is 18.1 Å². The van der Waals surface area contributed by atoms with Gasteiger partial charge in [0.25, 0.3) is 5.91 Å². The number of sulfone groups is 1. The number of hydrogen-bond donors (Lipinski definition) is 2. The average molecular weight is 350 g/mol. The van der Waals surface area contributed by atoms with E-state index in [1.807, 2.05) is 12.1 Å². The van der Waals surface area contributed by atoms with Crippen LogP contribution in [0.2, 0.25) is 0 Å². The molecule has 1 aromatic carbocycles. The van der Waals surface area contributed by atoms with E-state index in [-0.39, 0.29) is 10.1 Å². The van der Waals surface area contributed by atoms with Crippen LogP contribution in [0.1, 0.15) is 27.2 Å². The quantitative estimate of drug-likeness (QED) is 0.888. The largest absolute Gasteiger partial charge is 0.385 e. The first kappa shape index (κ1) is 16.0. The summed E-state index contributed by atoms with van der Waals surface area (Å²) in [5, 5.41) is 6.24. The molecule has 7 heteroatoms. The van der Waals surface area contributed by atoms with Crippen LogP contribution in [-0.4, -0.2) is 27.1 Å². The molecule has 2 heterocycles. The normalized spacial score (nSPS) is 14.0. The van der Waals surface area contributed by atoms with Gasteiger partial charge in [-0.05, 0) is 42.2 Å². The zero-order chi connectivity index (χ0) is 16.4. The van der Waals surface area contributed by atoms with Crippen LogP contribution in [0.3, 0.4) is 0 Å². The average Bonchev–Trinajstić information content (AvgIpc) is 3.03. The Balaban J connectivity index is 1.71. The molecule has 0 fully saturated rings. The van der Waals surface area contributed by atoms with Crippen molar-refractivity contribution in [3.63, 3.8) is 0 Å². The van der Waals surface area contributed by atoms with Crippen molar-refractivity contribution in [2.24, 2.45) is 0 Å². The molecule has 0 aliphatic carbocycles. The Hall–Kier alpha value is -1.86. The van der Waals surface area contributed by atoms with Gasteiger partial charge in [0.05, 0.1) is 4.88 Å². The number of rotatable bonds is 4. The standard InChI is InChI=1S/C16H18N2O3S2/c1-23(20,21)15-8-7-14(22-15)16(19)18-10-11-4-2-6-13-12(11)5-3-9-17-13/h2,4,6-8,17H,3,5,9-10H2,1H3,(H,18,19). The lowest BCUT2D eigenvalue weighted by molar-refractivity contribution is 0.0955. The predicted molar refractivity (Wildman–Crippen MR) is 91.9 cm³/mol. The molecule has 3 rings (SSSR count). The lowest BCUT2D eigenvalue weighted by Gasteiger charge is -2.21. The first-order valence-corrected chi connectivity index (χ1v) is 10.1. The van der Waals surface area contributed by atoms with Crippen LogP contribution in [0.25, 0.3) is 0 Å². The van der Waals surface area contributed by atoms with Gasteiger partial charge in [-0.3, -0.25) is 4.79 Å². The fourth-order valence-corrected chi connectivity index (χ4v) is 4.50. The summed E-state index contributed by atoms with van der Waals surface area (Å²) < 4.78 is 23.2. The monoisotopic (exact) mass is 350 g/mol. The first-order chi connectivity index (χ1) is 10.9. The Bertz CT molecular complexity index is 841. The third-order valence-electron chi connectivity index (χ3n) is 3.80. The molecule has 1 aromatic heterocycles. The fraction of sp³-hybridized carbons (Fsp3) is 0.312. The van der Waals surface area contributed by atoms with Gasteiger partial charge in [-0.25, -0.2) is 8.42 Å². The molecule has 0 spiro atoms. The summed E-state index contributed by atoms with van der Waals surface area (Å²) in [6.45, 7) is 1.42. The minimum absolute atomic E-state index is 0.212. The number of benzene rings is 1. The third-order valence-corrected chi connectivity index (χ3v) is 6.71. The number of nitrogens with one attached hydrogen (secondary N) is 2. The van der Waals surface area contributed by atoms with Crippen LogP contribution < -0.4 is 10.6 Å². The highest BCUT2D eigenvalue weighted by Crippen LogP contribution is 2.25. The molecule has 0 radical (unpaired) electrons. The first-order valence-electron chi connectivity index (χ1n) is 7.38. The van der Waals surface area contributed by atoms with Crippen LogP contribution in [0.15, 0.2) is 34.5 Å². The van der Waals surface area contributed by atoms with E-state index in [0.717, 1.165) is 48.2 Å². The Morgan fingerprint density at radius 3 is 2.87 bits per heavy atom. The molecule has 2 N–H and O–H groups in total. The Labute approximate surface area is 139 Å². The summed E-state index contributed by atoms with van der Waals surface area (Å²) in [6.07, 6.45) is 3.23. The van der Waals surface area contributed by atoms with Crippen molar-refractivity contribution in [1.29, 1.82) is 0 Å². The van der Waals surface area contributed by atoms with Crippen molar-refractivity contribution < 1.29 is 13.2 Å². The lowest BCUT2D eigenvalue weighted by Crippen LogP contribution is -2.23. The van der Waals surface area contributed by atoms with E-state index in [0.29, 0.717) is 11.4 Å². The fourth-order valence-electron chi connectivity index (χ4n) is 2.65. The molecule has 0 atom stereocenters. The van der Waals surface area contributed by atoms with Gasteiger partial charge in [0.15, 0.2) is 9.84 Å². The highest BCUT2D eigenvalue weighted by atomic mass is 32.2. The van der Waals surface area contributed by atoms with Crippen molar-refractivity contribution in [3.8, 4) is 0 Å². The molecule has 122 valence electrons. The number of fused-ring (bicyclic) bond motifs is 1. The van der Waals surface area contributed by atoms with Crippen molar-refractivity contribution >= 4 is 32.8 Å². The zero-order valence-electron chi connectivity index (χ0n) is 12.8. The molecule has 1 aliphatic heterocycles. The van der Waals surface area contributed by atoms with Crippen LogP contribution in [0.5, 0.6) is 0 Å². The van der Waals surface area contributed by atoms with Crippen molar-refractivity contribution in [3.05, 3.63) is 46.3 Å². The Morgan fingerprint density at radius 1 is 1.30 bits per heavy atom. The van der Waals surface area contributed by atoms with E-state index in [1.165, 1.54) is 11.6 Å². The van der Waals surface area contributed by atoms with Crippen molar-refractivity contribution in [1.82, 2.24) is 5.32 Å². The summed E-state index contributed by atoms with van der Waals surface area (Å²) in [5.41, 5.74) is 3.49. The SMILES string of the molecule is CS(=O)(=O)c1ccc(C(=O)NCc2cccc3c2CCCN3)s1. The van der Waals surface area contributed by atoms with E-state index in [1.54, 1.807) is 6.07 Å². The highest BCUT2D eigenvalue weighted by Gasteiger charge is 2.16. The lowest BCUT2D eigenvalue weighted by atomic mass is 9.97. The van der Waals surface area contributed by atoms with Gasteiger partial charge in [0, 0.05) is 25.0 Å². The number of carbonyl (C=O) groups excluding carboxylic acids is 1. The van der Waals surface area contributed by atoms with Crippen molar-refractivity contribution in [2.45, 2.75) is 23.6 Å². The van der Waals surface area contributed by atoms with Gasteiger partial charge >= 0.3 is 0 Å². The maximum atomic E-state index is 12.2. The topological polar surface area (TPSA) is 75.3 Å². The second kappa shape index (κ2) is 6.33. The summed E-state index contributed by atoms with van der Waals surface area (Å²) in [4.78, 5) is 12.6. The van der Waals surface area contributed by atoms with E-state index >= 15 is 0 Å². The molecule has 0 unspecified atom stereocenters. The molecule has 23 heavy (non-hydrogen) atoms. The molecular formula is C16H18N2O3S2.